The molecule has 1 aliphatic heterocycles. The van der Waals surface area contributed by atoms with Gasteiger partial charge >= 0.3 is 0 Å². The summed E-state index contributed by atoms with van der Waals surface area (Å²) in [5, 5.41) is 6.58. The minimum Gasteiger partial charge on any atom is -0.493 e. The molecule has 0 atom stereocenters. The van der Waals surface area contributed by atoms with E-state index in [4.69, 9.17) is 4.74 Å². The monoisotopic (exact) mass is 220 g/mol. The highest BCUT2D eigenvalue weighted by Crippen LogP contribution is 2.27. The molecule has 0 unspecified atom stereocenters. The summed E-state index contributed by atoms with van der Waals surface area (Å²) in [6, 6.07) is 6.40. The van der Waals surface area contributed by atoms with Crippen LogP contribution in [0, 0.1) is 0 Å². The van der Waals surface area contributed by atoms with Crippen LogP contribution < -0.4 is 15.4 Å². The molecule has 0 aromatic heterocycles. The average Bonchev–Trinajstić information content (AvgIpc) is 2.34. The molecule has 1 heterocycles. The van der Waals surface area contributed by atoms with E-state index >= 15 is 0 Å². The zero-order valence-electron chi connectivity index (χ0n) is 9.88. The van der Waals surface area contributed by atoms with Crippen molar-refractivity contribution < 1.29 is 4.74 Å². The lowest BCUT2D eigenvalue weighted by Gasteiger charge is -2.18. The van der Waals surface area contributed by atoms with Crippen molar-refractivity contribution in [1.29, 1.82) is 0 Å². The summed E-state index contributed by atoms with van der Waals surface area (Å²) in [4.78, 5) is 0. The molecule has 0 spiro atoms. The number of aryl methyl sites for hydroxylation is 1. The van der Waals surface area contributed by atoms with Crippen LogP contribution in [0.2, 0.25) is 0 Å². The molecule has 2 rings (SSSR count). The van der Waals surface area contributed by atoms with Crippen LogP contribution >= 0.6 is 0 Å². The minimum absolute atomic E-state index is 0.863. The zero-order chi connectivity index (χ0) is 11.2. The van der Waals surface area contributed by atoms with Crippen LogP contribution in [0.4, 0.5) is 5.69 Å². The Bertz CT molecular complexity index is 339. The van der Waals surface area contributed by atoms with Crippen LogP contribution in [-0.4, -0.2) is 26.7 Å². The quantitative estimate of drug-likeness (QED) is 0.745. The predicted molar refractivity (Wildman–Crippen MR) is 67.3 cm³/mol. The number of hydrogen-bond acceptors (Lipinski definition) is 3. The summed E-state index contributed by atoms with van der Waals surface area (Å²) >= 11 is 0. The van der Waals surface area contributed by atoms with E-state index in [2.05, 4.69) is 28.8 Å². The van der Waals surface area contributed by atoms with E-state index in [1.54, 1.807) is 0 Å². The second kappa shape index (κ2) is 5.75. The Labute approximate surface area is 97.2 Å². The third-order valence-corrected chi connectivity index (χ3v) is 2.84. The molecule has 1 aliphatic rings. The van der Waals surface area contributed by atoms with E-state index in [9.17, 15) is 0 Å². The first kappa shape index (κ1) is 11.3. The average molecular weight is 220 g/mol. The summed E-state index contributed by atoms with van der Waals surface area (Å²) in [7, 11) is 1.98. The van der Waals surface area contributed by atoms with Crippen molar-refractivity contribution in [2.45, 2.75) is 19.3 Å². The molecule has 3 heteroatoms. The van der Waals surface area contributed by atoms with Gasteiger partial charge in [-0.3, -0.25) is 0 Å². The molecule has 3 nitrogen and oxygen atoms in total. The van der Waals surface area contributed by atoms with Crippen molar-refractivity contribution in [2.75, 3.05) is 32.1 Å². The first-order chi connectivity index (χ1) is 7.90. The van der Waals surface area contributed by atoms with Gasteiger partial charge in [0.1, 0.15) is 5.75 Å². The van der Waals surface area contributed by atoms with Gasteiger partial charge < -0.3 is 15.4 Å². The van der Waals surface area contributed by atoms with Crippen molar-refractivity contribution in [3.05, 3.63) is 23.8 Å². The molecule has 0 bridgehead atoms. The standard InChI is InChI=1S/C13H20N2O/c1-14-7-3-8-15-12-5-6-13-11(10-12)4-2-9-16-13/h5-6,10,14-15H,2-4,7-9H2,1H3. The first-order valence-corrected chi connectivity index (χ1v) is 6.04. The van der Waals surface area contributed by atoms with Gasteiger partial charge in [-0.2, -0.15) is 0 Å². The van der Waals surface area contributed by atoms with E-state index in [1.807, 2.05) is 7.05 Å². The van der Waals surface area contributed by atoms with Crippen molar-refractivity contribution in [3.8, 4) is 5.75 Å². The van der Waals surface area contributed by atoms with E-state index in [-0.39, 0.29) is 0 Å². The Morgan fingerprint density at radius 2 is 2.25 bits per heavy atom. The SMILES string of the molecule is CNCCCNc1ccc2c(c1)CCCO2. The number of anilines is 1. The van der Waals surface area contributed by atoms with Gasteiger partial charge in [0.15, 0.2) is 0 Å². The Morgan fingerprint density at radius 3 is 3.12 bits per heavy atom. The van der Waals surface area contributed by atoms with Crippen LogP contribution in [0.1, 0.15) is 18.4 Å². The Morgan fingerprint density at radius 1 is 1.31 bits per heavy atom. The molecular formula is C13H20N2O. The molecule has 2 N–H and O–H groups in total. The van der Waals surface area contributed by atoms with E-state index in [1.165, 1.54) is 11.3 Å². The van der Waals surface area contributed by atoms with Gasteiger partial charge in [0, 0.05) is 12.2 Å². The van der Waals surface area contributed by atoms with E-state index in [0.29, 0.717) is 0 Å². The number of benzene rings is 1. The number of ether oxygens (including phenoxy) is 1. The fourth-order valence-electron chi connectivity index (χ4n) is 1.97. The molecule has 0 aliphatic carbocycles. The molecule has 0 radical (unpaired) electrons. The third-order valence-electron chi connectivity index (χ3n) is 2.84. The number of nitrogens with one attached hydrogen (secondary N) is 2. The van der Waals surface area contributed by atoms with Crippen molar-refractivity contribution in [3.63, 3.8) is 0 Å². The van der Waals surface area contributed by atoms with Gasteiger partial charge in [0.2, 0.25) is 0 Å². The molecule has 0 saturated carbocycles. The summed E-state index contributed by atoms with van der Waals surface area (Å²) in [6.45, 7) is 2.93. The lowest BCUT2D eigenvalue weighted by atomic mass is 10.1. The third kappa shape index (κ3) is 2.89. The maximum absolute atomic E-state index is 5.58. The lowest BCUT2D eigenvalue weighted by Crippen LogP contribution is -2.13. The van der Waals surface area contributed by atoms with Gasteiger partial charge in [-0.15, -0.1) is 0 Å². The van der Waals surface area contributed by atoms with Gasteiger partial charge in [0.05, 0.1) is 6.61 Å². The van der Waals surface area contributed by atoms with Gasteiger partial charge in [-0.05, 0) is 56.6 Å². The van der Waals surface area contributed by atoms with Crippen LogP contribution in [0.3, 0.4) is 0 Å². The van der Waals surface area contributed by atoms with Crippen LogP contribution in [0.15, 0.2) is 18.2 Å². The fourth-order valence-corrected chi connectivity index (χ4v) is 1.97. The van der Waals surface area contributed by atoms with Crippen LogP contribution in [-0.2, 0) is 6.42 Å². The van der Waals surface area contributed by atoms with Gasteiger partial charge in [-0.1, -0.05) is 0 Å². The van der Waals surface area contributed by atoms with Gasteiger partial charge in [-0.25, -0.2) is 0 Å². The maximum Gasteiger partial charge on any atom is 0.122 e. The molecule has 0 saturated heterocycles. The number of rotatable bonds is 5. The summed E-state index contributed by atoms with van der Waals surface area (Å²) < 4.78 is 5.58. The molecular weight excluding hydrogens is 200 g/mol. The number of hydrogen-bond donors (Lipinski definition) is 2. The van der Waals surface area contributed by atoms with Crippen molar-refractivity contribution >= 4 is 5.69 Å². The van der Waals surface area contributed by atoms with Crippen LogP contribution in [0.25, 0.3) is 0 Å². The molecule has 88 valence electrons. The molecule has 0 amide bonds. The Balaban J connectivity index is 1.90. The van der Waals surface area contributed by atoms with Crippen molar-refractivity contribution in [1.82, 2.24) is 5.32 Å². The predicted octanol–water partition coefficient (Wildman–Crippen LogP) is 2.03. The summed E-state index contributed by atoms with van der Waals surface area (Å²) in [6.07, 6.45) is 3.42. The lowest BCUT2D eigenvalue weighted by molar-refractivity contribution is 0.288. The van der Waals surface area contributed by atoms with Crippen LogP contribution in [0.5, 0.6) is 5.75 Å². The van der Waals surface area contributed by atoms with Gasteiger partial charge in [0.25, 0.3) is 0 Å². The smallest absolute Gasteiger partial charge is 0.122 e. The second-order valence-electron chi connectivity index (χ2n) is 4.16. The zero-order valence-corrected chi connectivity index (χ0v) is 9.88. The minimum atomic E-state index is 0.863. The highest BCUT2D eigenvalue weighted by molar-refractivity contribution is 5.51. The Kier molecular flexibility index (Phi) is 4.05. The molecule has 16 heavy (non-hydrogen) atoms. The maximum atomic E-state index is 5.58. The fraction of sp³-hybridized carbons (Fsp3) is 0.538. The van der Waals surface area contributed by atoms with E-state index in [0.717, 1.165) is 44.7 Å². The molecule has 0 fully saturated rings. The highest BCUT2D eigenvalue weighted by Gasteiger charge is 2.09. The summed E-state index contributed by atoms with van der Waals surface area (Å²) in [5.41, 5.74) is 2.55. The molecule has 1 aromatic rings. The highest BCUT2D eigenvalue weighted by atomic mass is 16.5. The summed E-state index contributed by atoms with van der Waals surface area (Å²) in [5.74, 6) is 1.06. The Hall–Kier alpha value is -1.22. The number of fused-ring (bicyclic) bond motifs is 1. The largest absolute Gasteiger partial charge is 0.493 e. The van der Waals surface area contributed by atoms with Crippen molar-refractivity contribution in [2.24, 2.45) is 0 Å². The normalized spacial score (nSPS) is 14.1. The topological polar surface area (TPSA) is 33.3 Å². The first-order valence-electron chi connectivity index (χ1n) is 6.04. The second-order valence-corrected chi connectivity index (χ2v) is 4.16. The van der Waals surface area contributed by atoms with E-state index < -0.39 is 0 Å². The molecule has 1 aromatic carbocycles.